The molecule has 1 aromatic rings. The van der Waals surface area contributed by atoms with E-state index in [1.807, 2.05) is 30.3 Å². The van der Waals surface area contributed by atoms with E-state index in [4.69, 9.17) is 21.3 Å². The fourth-order valence-electron chi connectivity index (χ4n) is 2.39. The molecule has 0 fully saturated rings. The van der Waals surface area contributed by atoms with Crippen molar-refractivity contribution in [3.63, 3.8) is 0 Å². The normalized spacial score (nSPS) is 12.4. The number of aliphatic hydroxyl groups is 1. The molecule has 0 aromatic heterocycles. The van der Waals surface area contributed by atoms with Crippen LogP contribution < -0.4 is 22.1 Å². The molecule has 9 heteroatoms. The van der Waals surface area contributed by atoms with Crippen LogP contribution in [0.2, 0.25) is 0 Å². The van der Waals surface area contributed by atoms with Crippen LogP contribution in [0.3, 0.4) is 0 Å². The lowest BCUT2D eigenvalue weighted by molar-refractivity contribution is -0.136. The first kappa shape index (κ1) is 27.7. The Hall–Kier alpha value is -2.33. The van der Waals surface area contributed by atoms with Crippen LogP contribution in [-0.2, 0) is 25.7 Å². The van der Waals surface area contributed by atoms with E-state index < -0.39 is 24.0 Å². The Morgan fingerprint density at radius 2 is 1.73 bits per heavy atom. The maximum atomic E-state index is 12.3. The summed E-state index contributed by atoms with van der Waals surface area (Å²) in [5, 5.41) is 12.6. The zero-order chi connectivity index (χ0) is 22.9. The summed E-state index contributed by atoms with van der Waals surface area (Å²) in [6.45, 7) is 5.68. The van der Waals surface area contributed by atoms with Crippen LogP contribution in [0, 0.1) is 5.92 Å². The molecule has 170 valence electrons. The van der Waals surface area contributed by atoms with E-state index in [9.17, 15) is 14.4 Å². The Morgan fingerprint density at radius 1 is 1.13 bits per heavy atom. The van der Waals surface area contributed by atoms with E-state index in [1.54, 1.807) is 20.8 Å². The van der Waals surface area contributed by atoms with Crippen molar-refractivity contribution in [1.29, 1.82) is 0 Å². The number of Topliss-reactive ketones (excluding diaryl/α,β-unsaturated/α-hetero) is 1. The summed E-state index contributed by atoms with van der Waals surface area (Å²) in [6.07, 6.45) is -0.428. The molecule has 0 heterocycles. The van der Waals surface area contributed by atoms with Gasteiger partial charge in [0.2, 0.25) is 11.8 Å². The van der Waals surface area contributed by atoms with Gasteiger partial charge in [-0.3, -0.25) is 14.4 Å². The molecule has 0 saturated carbocycles. The number of carbonyl (C=O) groups is 3. The molecule has 0 saturated heterocycles. The first-order valence-corrected chi connectivity index (χ1v) is 10.1. The first-order valence-electron chi connectivity index (χ1n) is 10.1. The van der Waals surface area contributed by atoms with Gasteiger partial charge in [0.1, 0.15) is 6.10 Å². The summed E-state index contributed by atoms with van der Waals surface area (Å²) < 4.78 is 5.64. The Kier molecular flexibility index (Phi) is 15.2. The molecular weight excluding hydrogens is 388 g/mol. The largest absolute Gasteiger partial charge is 0.397 e. The van der Waals surface area contributed by atoms with E-state index in [0.29, 0.717) is 6.42 Å². The number of ether oxygens (including phenoxy) is 1. The van der Waals surface area contributed by atoms with Crippen molar-refractivity contribution in [3.05, 3.63) is 35.9 Å². The van der Waals surface area contributed by atoms with Crippen LogP contribution in [0.1, 0.15) is 32.8 Å². The third kappa shape index (κ3) is 11.6. The van der Waals surface area contributed by atoms with Gasteiger partial charge in [0, 0.05) is 19.1 Å². The van der Waals surface area contributed by atoms with E-state index in [-0.39, 0.29) is 44.5 Å². The standard InChI is InChI=1S/C19H30N4O4.C2H6O/c1-13(2)18(25)15(10-21)23-17(24)11-22-19(26)16(8-9-20)27-12-14-6-4-3-5-7-14;1-2-3/h3-7,13,15-16H,8-12,20-21H2,1-2H3,(H,22,26)(H,23,24);3H,2H2,1H3. The molecule has 2 amide bonds. The van der Waals surface area contributed by atoms with Gasteiger partial charge in [-0.25, -0.2) is 0 Å². The number of aliphatic hydroxyl groups excluding tert-OH is 1. The summed E-state index contributed by atoms with van der Waals surface area (Å²) in [5.74, 6) is -1.30. The Labute approximate surface area is 178 Å². The number of rotatable bonds is 12. The molecule has 7 N–H and O–H groups in total. The zero-order valence-corrected chi connectivity index (χ0v) is 18.1. The highest BCUT2D eigenvalue weighted by atomic mass is 16.5. The second kappa shape index (κ2) is 16.5. The van der Waals surface area contributed by atoms with Gasteiger partial charge in [0.15, 0.2) is 5.78 Å². The lowest BCUT2D eigenvalue weighted by Crippen LogP contribution is -2.51. The fraction of sp³-hybridized carbons (Fsp3) is 0.571. The molecule has 0 aliphatic heterocycles. The van der Waals surface area contributed by atoms with E-state index in [1.165, 1.54) is 0 Å². The monoisotopic (exact) mass is 424 g/mol. The summed E-state index contributed by atoms with van der Waals surface area (Å²) in [4.78, 5) is 36.2. The van der Waals surface area contributed by atoms with Crippen molar-refractivity contribution >= 4 is 17.6 Å². The van der Waals surface area contributed by atoms with Gasteiger partial charge in [0.05, 0.1) is 19.2 Å². The van der Waals surface area contributed by atoms with Crippen LogP contribution >= 0.6 is 0 Å². The summed E-state index contributed by atoms with van der Waals surface area (Å²) in [7, 11) is 0. The number of carbonyl (C=O) groups excluding carboxylic acids is 3. The number of nitrogens with two attached hydrogens (primary N) is 2. The molecule has 0 aliphatic rings. The molecule has 9 nitrogen and oxygen atoms in total. The van der Waals surface area contributed by atoms with Gasteiger partial charge in [-0.1, -0.05) is 44.2 Å². The van der Waals surface area contributed by atoms with Crippen molar-refractivity contribution < 1.29 is 24.2 Å². The minimum atomic E-state index is -0.761. The third-order valence-corrected chi connectivity index (χ3v) is 3.92. The second-order valence-corrected chi connectivity index (χ2v) is 6.81. The predicted octanol–water partition coefficient (Wildman–Crippen LogP) is -0.296. The van der Waals surface area contributed by atoms with Crippen LogP contribution in [0.25, 0.3) is 0 Å². The van der Waals surface area contributed by atoms with Crippen LogP contribution in [0.5, 0.6) is 0 Å². The number of amides is 2. The molecular formula is C21H36N4O5. The van der Waals surface area contributed by atoms with E-state index >= 15 is 0 Å². The van der Waals surface area contributed by atoms with Crippen molar-refractivity contribution in [2.75, 3.05) is 26.2 Å². The van der Waals surface area contributed by atoms with Gasteiger partial charge in [-0.05, 0) is 25.5 Å². The lowest BCUT2D eigenvalue weighted by Gasteiger charge is -2.19. The Morgan fingerprint density at radius 3 is 2.23 bits per heavy atom. The van der Waals surface area contributed by atoms with E-state index in [2.05, 4.69) is 10.6 Å². The van der Waals surface area contributed by atoms with Crippen LogP contribution in [-0.4, -0.2) is 61.1 Å². The molecule has 2 atom stereocenters. The van der Waals surface area contributed by atoms with Crippen LogP contribution in [0.4, 0.5) is 0 Å². The molecule has 0 radical (unpaired) electrons. The Balaban J connectivity index is 0.00000263. The fourth-order valence-corrected chi connectivity index (χ4v) is 2.39. The minimum absolute atomic E-state index is 0.00663. The van der Waals surface area contributed by atoms with Crippen molar-refractivity contribution in [2.45, 2.75) is 45.9 Å². The number of nitrogens with one attached hydrogen (secondary N) is 2. The van der Waals surface area contributed by atoms with Gasteiger partial charge in [-0.15, -0.1) is 0 Å². The highest BCUT2D eigenvalue weighted by Gasteiger charge is 2.23. The smallest absolute Gasteiger partial charge is 0.249 e. The molecule has 2 unspecified atom stereocenters. The maximum absolute atomic E-state index is 12.3. The molecule has 30 heavy (non-hydrogen) atoms. The highest BCUT2D eigenvalue weighted by molar-refractivity contribution is 5.92. The quantitative estimate of drug-likeness (QED) is 0.308. The van der Waals surface area contributed by atoms with Crippen LogP contribution in [0.15, 0.2) is 30.3 Å². The lowest BCUT2D eigenvalue weighted by atomic mass is 10.0. The molecule has 0 spiro atoms. The minimum Gasteiger partial charge on any atom is -0.397 e. The average molecular weight is 425 g/mol. The SMILES string of the molecule is CC(C)C(=O)C(CN)NC(=O)CNC(=O)C(CCN)OCc1ccccc1.CCO. The summed E-state index contributed by atoms with van der Waals surface area (Å²) in [5.41, 5.74) is 12.0. The molecule has 1 aromatic carbocycles. The average Bonchev–Trinajstić information content (AvgIpc) is 2.74. The highest BCUT2D eigenvalue weighted by Crippen LogP contribution is 2.06. The zero-order valence-electron chi connectivity index (χ0n) is 18.1. The van der Waals surface area contributed by atoms with Gasteiger partial charge in [0.25, 0.3) is 0 Å². The van der Waals surface area contributed by atoms with Gasteiger partial charge < -0.3 is 31.9 Å². The van der Waals surface area contributed by atoms with Crippen molar-refractivity contribution in [1.82, 2.24) is 10.6 Å². The Bertz CT molecular complexity index is 625. The predicted molar refractivity (Wildman–Crippen MR) is 115 cm³/mol. The second-order valence-electron chi connectivity index (χ2n) is 6.81. The number of ketones is 1. The topological polar surface area (TPSA) is 157 Å². The molecule has 0 aliphatic carbocycles. The number of benzene rings is 1. The molecule has 0 bridgehead atoms. The number of hydrogen-bond acceptors (Lipinski definition) is 7. The summed E-state index contributed by atoms with van der Waals surface area (Å²) >= 11 is 0. The third-order valence-electron chi connectivity index (χ3n) is 3.92. The molecule has 1 rings (SSSR count). The summed E-state index contributed by atoms with van der Waals surface area (Å²) in [6, 6.07) is 8.68. The van der Waals surface area contributed by atoms with Crippen molar-refractivity contribution in [2.24, 2.45) is 17.4 Å². The van der Waals surface area contributed by atoms with Crippen molar-refractivity contribution in [3.8, 4) is 0 Å². The van der Waals surface area contributed by atoms with Gasteiger partial charge >= 0.3 is 0 Å². The first-order chi connectivity index (χ1) is 14.3. The number of hydrogen-bond donors (Lipinski definition) is 5. The maximum Gasteiger partial charge on any atom is 0.249 e. The van der Waals surface area contributed by atoms with Gasteiger partial charge in [-0.2, -0.15) is 0 Å². The van der Waals surface area contributed by atoms with E-state index in [0.717, 1.165) is 5.56 Å².